The Kier molecular flexibility index (Phi) is 5.27. The van der Waals surface area contributed by atoms with Crippen molar-refractivity contribution in [2.75, 3.05) is 5.32 Å². The lowest BCUT2D eigenvalue weighted by atomic mass is 10.2. The molecule has 2 N–H and O–H groups in total. The van der Waals surface area contributed by atoms with Crippen LogP contribution in [-0.2, 0) is 11.8 Å². The molecule has 0 fully saturated rings. The fraction of sp³-hybridized carbons (Fsp3) is 0.211. The third-order valence-corrected chi connectivity index (χ3v) is 5.06. The van der Waals surface area contributed by atoms with Crippen LogP contribution in [0, 0.1) is 6.92 Å². The van der Waals surface area contributed by atoms with Gasteiger partial charge in [0.15, 0.2) is 11.0 Å². The number of thioether (sulfide) groups is 1. The van der Waals surface area contributed by atoms with Gasteiger partial charge in [-0.15, -0.1) is 10.2 Å². The van der Waals surface area contributed by atoms with Gasteiger partial charge in [-0.25, -0.2) is 0 Å². The minimum absolute atomic E-state index is 0.0898. The highest BCUT2D eigenvalue weighted by Crippen LogP contribution is 2.27. The van der Waals surface area contributed by atoms with Gasteiger partial charge in [0.05, 0.1) is 5.25 Å². The topological polar surface area (TPSA) is 80.0 Å². The Morgan fingerprint density at radius 1 is 1.12 bits per heavy atom. The number of phenolic OH excluding ortho intramolecular Hbond substituents is 1. The first-order valence-corrected chi connectivity index (χ1v) is 9.05. The molecule has 3 rings (SSSR count). The smallest absolute Gasteiger partial charge is 0.237 e. The molecular formula is C19H20N4O2S. The number of nitrogens with one attached hydrogen (secondary N) is 1. The minimum atomic E-state index is -0.327. The van der Waals surface area contributed by atoms with E-state index in [1.54, 1.807) is 24.3 Å². The van der Waals surface area contributed by atoms with Crippen LogP contribution in [0.2, 0.25) is 0 Å². The first-order chi connectivity index (χ1) is 12.4. The first kappa shape index (κ1) is 18.0. The van der Waals surface area contributed by atoms with E-state index in [1.165, 1.54) is 11.8 Å². The zero-order chi connectivity index (χ0) is 18.7. The molecule has 1 heterocycles. The van der Waals surface area contributed by atoms with Crippen LogP contribution in [0.25, 0.3) is 11.4 Å². The quantitative estimate of drug-likeness (QED) is 0.673. The summed E-state index contributed by atoms with van der Waals surface area (Å²) in [6.45, 7) is 3.84. The number of carbonyl (C=O) groups is 1. The fourth-order valence-corrected chi connectivity index (χ4v) is 3.19. The van der Waals surface area contributed by atoms with E-state index in [4.69, 9.17) is 0 Å². The lowest BCUT2D eigenvalue weighted by Crippen LogP contribution is -2.22. The second-order valence-corrected chi connectivity index (χ2v) is 7.34. The van der Waals surface area contributed by atoms with Gasteiger partial charge >= 0.3 is 0 Å². The highest BCUT2D eigenvalue weighted by atomic mass is 32.2. The van der Waals surface area contributed by atoms with Gasteiger partial charge in [-0.05, 0) is 50.2 Å². The van der Waals surface area contributed by atoms with Crippen LogP contribution in [-0.4, -0.2) is 31.0 Å². The first-order valence-electron chi connectivity index (χ1n) is 8.17. The van der Waals surface area contributed by atoms with Gasteiger partial charge in [0, 0.05) is 18.3 Å². The summed E-state index contributed by atoms with van der Waals surface area (Å²) in [5.74, 6) is 0.790. The van der Waals surface area contributed by atoms with Crippen LogP contribution < -0.4 is 5.32 Å². The molecule has 6 nitrogen and oxygen atoms in total. The van der Waals surface area contributed by atoms with E-state index in [0.29, 0.717) is 11.0 Å². The summed E-state index contributed by atoms with van der Waals surface area (Å²) in [6, 6.07) is 14.5. The van der Waals surface area contributed by atoms with E-state index >= 15 is 0 Å². The second-order valence-electron chi connectivity index (χ2n) is 6.03. The van der Waals surface area contributed by atoms with Crippen molar-refractivity contribution in [3.8, 4) is 17.1 Å². The largest absolute Gasteiger partial charge is 0.508 e. The van der Waals surface area contributed by atoms with Crippen molar-refractivity contribution >= 4 is 23.4 Å². The number of aryl methyl sites for hydroxylation is 1. The molecule has 0 aliphatic heterocycles. The van der Waals surface area contributed by atoms with Gasteiger partial charge < -0.3 is 15.0 Å². The molecule has 0 aliphatic rings. The molecule has 1 atom stereocenters. The predicted octanol–water partition coefficient (Wildman–Crippen LogP) is 3.62. The Labute approximate surface area is 156 Å². The Hall–Kier alpha value is -2.80. The number of amides is 1. The van der Waals surface area contributed by atoms with Crippen molar-refractivity contribution in [3.05, 3.63) is 54.1 Å². The monoisotopic (exact) mass is 368 g/mol. The third-order valence-electron chi connectivity index (χ3n) is 3.93. The molecule has 0 bridgehead atoms. The van der Waals surface area contributed by atoms with Crippen LogP contribution in [0.5, 0.6) is 5.75 Å². The van der Waals surface area contributed by atoms with E-state index in [-0.39, 0.29) is 16.9 Å². The molecule has 1 amide bonds. The maximum atomic E-state index is 12.4. The summed E-state index contributed by atoms with van der Waals surface area (Å²) >= 11 is 1.35. The fourth-order valence-electron chi connectivity index (χ4n) is 2.37. The number of nitrogens with zero attached hydrogens (tertiary/aromatic N) is 3. The van der Waals surface area contributed by atoms with Gasteiger partial charge in [-0.3, -0.25) is 4.79 Å². The summed E-state index contributed by atoms with van der Waals surface area (Å²) < 4.78 is 1.84. The Morgan fingerprint density at radius 3 is 2.42 bits per heavy atom. The second kappa shape index (κ2) is 7.61. The lowest BCUT2D eigenvalue weighted by Gasteiger charge is -2.12. The minimum Gasteiger partial charge on any atom is -0.508 e. The molecule has 2 aromatic carbocycles. The normalized spacial score (nSPS) is 12.0. The highest BCUT2D eigenvalue weighted by Gasteiger charge is 2.19. The van der Waals surface area contributed by atoms with Crippen LogP contribution in [0.3, 0.4) is 0 Å². The van der Waals surface area contributed by atoms with E-state index in [9.17, 15) is 9.90 Å². The van der Waals surface area contributed by atoms with Gasteiger partial charge in [0.25, 0.3) is 0 Å². The maximum Gasteiger partial charge on any atom is 0.237 e. The molecule has 0 spiro atoms. The van der Waals surface area contributed by atoms with E-state index in [2.05, 4.69) is 15.5 Å². The lowest BCUT2D eigenvalue weighted by molar-refractivity contribution is -0.115. The summed E-state index contributed by atoms with van der Waals surface area (Å²) in [7, 11) is 1.86. The average molecular weight is 368 g/mol. The van der Waals surface area contributed by atoms with Crippen molar-refractivity contribution in [2.45, 2.75) is 24.3 Å². The van der Waals surface area contributed by atoms with Crippen LogP contribution in [0.1, 0.15) is 12.5 Å². The number of benzene rings is 2. The van der Waals surface area contributed by atoms with Gasteiger partial charge in [0.2, 0.25) is 5.91 Å². The zero-order valence-corrected chi connectivity index (χ0v) is 15.6. The molecule has 134 valence electrons. The number of aromatic nitrogens is 3. The number of hydrogen-bond acceptors (Lipinski definition) is 5. The van der Waals surface area contributed by atoms with Crippen molar-refractivity contribution in [2.24, 2.45) is 7.05 Å². The molecule has 26 heavy (non-hydrogen) atoms. The van der Waals surface area contributed by atoms with Crippen molar-refractivity contribution in [1.29, 1.82) is 0 Å². The Bertz CT molecular complexity index is 904. The van der Waals surface area contributed by atoms with Crippen LogP contribution in [0.4, 0.5) is 5.69 Å². The molecular weight excluding hydrogens is 348 g/mol. The summed E-state index contributed by atoms with van der Waals surface area (Å²) in [5, 5.41) is 21.0. The molecule has 3 aromatic rings. The number of anilines is 1. The number of rotatable bonds is 5. The molecule has 0 radical (unpaired) electrons. The highest BCUT2D eigenvalue weighted by molar-refractivity contribution is 8.00. The van der Waals surface area contributed by atoms with Crippen molar-refractivity contribution in [1.82, 2.24) is 14.8 Å². The van der Waals surface area contributed by atoms with Crippen molar-refractivity contribution in [3.63, 3.8) is 0 Å². The molecule has 1 unspecified atom stereocenters. The predicted molar refractivity (Wildman–Crippen MR) is 103 cm³/mol. The molecule has 1 aromatic heterocycles. The molecule has 0 aliphatic carbocycles. The third kappa shape index (κ3) is 4.05. The van der Waals surface area contributed by atoms with Crippen molar-refractivity contribution < 1.29 is 9.90 Å². The Morgan fingerprint density at radius 2 is 1.77 bits per heavy atom. The summed E-state index contributed by atoms with van der Waals surface area (Å²) in [4.78, 5) is 12.4. The molecule has 0 saturated heterocycles. The molecule has 0 saturated carbocycles. The number of phenols is 1. The Balaban J connectivity index is 1.69. The van der Waals surface area contributed by atoms with Gasteiger partial charge in [-0.1, -0.05) is 29.5 Å². The van der Waals surface area contributed by atoms with Gasteiger partial charge in [0.1, 0.15) is 5.75 Å². The zero-order valence-electron chi connectivity index (χ0n) is 14.8. The SMILES string of the molecule is Cc1ccc(NC(=O)C(C)Sc2nnc(-c3ccc(O)cc3)n2C)cc1. The van der Waals surface area contributed by atoms with Gasteiger partial charge in [-0.2, -0.15) is 0 Å². The molecule has 7 heteroatoms. The number of hydrogen-bond donors (Lipinski definition) is 2. The summed E-state index contributed by atoms with van der Waals surface area (Å²) in [5.41, 5.74) is 2.77. The standard InChI is InChI=1S/C19H20N4O2S/c1-12-4-8-15(9-5-12)20-18(25)13(2)26-19-22-21-17(23(19)3)14-6-10-16(24)11-7-14/h4-11,13,24H,1-3H3,(H,20,25). The van der Waals surface area contributed by atoms with E-state index in [1.807, 2.05) is 49.7 Å². The number of carbonyl (C=O) groups excluding carboxylic acids is 1. The van der Waals surface area contributed by atoms with E-state index < -0.39 is 0 Å². The van der Waals surface area contributed by atoms with E-state index in [0.717, 1.165) is 16.8 Å². The average Bonchev–Trinajstić information content (AvgIpc) is 2.98. The number of aromatic hydroxyl groups is 1. The van der Waals surface area contributed by atoms with Crippen LogP contribution >= 0.6 is 11.8 Å². The maximum absolute atomic E-state index is 12.4. The summed E-state index contributed by atoms with van der Waals surface area (Å²) in [6.07, 6.45) is 0. The van der Waals surface area contributed by atoms with Crippen LogP contribution in [0.15, 0.2) is 53.7 Å².